The summed E-state index contributed by atoms with van der Waals surface area (Å²) in [5, 5.41) is 3.71. The lowest BCUT2D eigenvalue weighted by Gasteiger charge is -2.46. The molecule has 0 aromatic rings. The summed E-state index contributed by atoms with van der Waals surface area (Å²) in [6, 6.07) is 1.32. The molecule has 0 amide bonds. The second kappa shape index (κ2) is 6.55. The van der Waals surface area contributed by atoms with Crippen LogP contribution in [0.2, 0.25) is 0 Å². The van der Waals surface area contributed by atoms with Crippen molar-refractivity contribution >= 4 is 0 Å². The lowest BCUT2D eigenvalue weighted by Crippen LogP contribution is -2.60. The highest BCUT2D eigenvalue weighted by Crippen LogP contribution is 2.27. The second-order valence-electron chi connectivity index (χ2n) is 7.31. The molecule has 2 saturated heterocycles. The fourth-order valence-electron chi connectivity index (χ4n) is 3.44. The van der Waals surface area contributed by atoms with E-state index in [0.29, 0.717) is 23.6 Å². The summed E-state index contributed by atoms with van der Waals surface area (Å²) in [4.78, 5) is 2.71. The Bertz CT molecular complexity index is 268. The fraction of sp³-hybridized carbons (Fsp3) is 1.00. The van der Waals surface area contributed by atoms with Crippen LogP contribution in [-0.4, -0.2) is 49.3 Å². The number of rotatable bonds is 4. The fourth-order valence-corrected chi connectivity index (χ4v) is 3.44. The smallest absolute Gasteiger partial charge is 0.0588 e. The molecule has 3 atom stereocenters. The molecule has 0 bridgehead atoms. The lowest BCUT2D eigenvalue weighted by molar-refractivity contribution is 0.0335. The molecule has 0 spiro atoms. The van der Waals surface area contributed by atoms with E-state index < -0.39 is 0 Å². The van der Waals surface area contributed by atoms with Crippen LogP contribution in [0.25, 0.3) is 0 Å². The Labute approximate surface area is 119 Å². The van der Waals surface area contributed by atoms with Gasteiger partial charge in [0.15, 0.2) is 0 Å². The SMILES string of the molecule is CCC1CN(CCC2CCCO2)C(C(C)(C)C)CN1. The van der Waals surface area contributed by atoms with Crippen LogP contribution in [-0.2, 0) is 4.74 Å². The van der Waals surface area contributed by atoms with Gasteiger partial charge >= 0.3 is 0 Å². The van der Waals surface area contributed by atoms with Crippen molar-refractivity contribution in [3.8, 4) is 0 Å². The van der Waals surface area contributed by atoms with Crippen molar-refractivity contribution in [2.75, 3.05) is 26.2 Å². The Morgan fingerprint density at radius 2 is 2.11 bits per heavy atom. The van der Waals surface area contributed by atoms with E-state index in [4.69, 9.17) is 4.74 Å². The van der Waals surface area contributed by atoms with Gasteiger partial charge in [0.25, 0.3) is 0 Å². The zero-order chi connectivity index (χ0) is 13.9. The summed E-state index contributed by atoms with van der Waals surface area (Å²) >= 11 is 0. The molecular formula is C16H32N2O. The van der Waals surface area contributed by atoms with Gasteiger partial charge < -0.3 is 10.1 Å². The first-order chi connectivity index (χ1) is 9.00. The Kier molecular flexibility index (Phi) is 5.27. The molecule has 2 aliphatic rings. The highest BCUT2D eigenvalue weighted by atomic mass is 16.5. The molecule has 0 radical (unpaired) electrons. The first kappa shape index (κ1) is 15.3. The molecule has 0 aliphatic carbocycles. The molecule has 0 saturated carbocycles. The molecule has 2 aliphatic heterocycles. The Morgan fingerprint density at radius 1 is 1.32 bits per heavy atom. The Balaban J connectivity index is 1.90. The van der Waals surface area contributed by atoms with Gasteiger partial charge in [0, 0.05) is 38.3 Å². The van der Waals surface area contributed by atoms with E-state index in [1.54, 1.807) is 0 Å². The number of hydrogen-bond donors (Lipinski definition) is 1. The van der Waals surface area contributed by atoms with Crippen molar-refractivity contribution in [2.24, 2.45) is 5.41 Å². The van der Waals surface area contributed by atoms with Gasteiger partial charge in [0.05, 0.1) is 6.10 Å². The van der Waals surface area contributed by atoms with E-state index in [9.17, 15) is 0 Å². The number of piperazine rings is 1. The monoisotopic (exact) mass is 268 g/mol. The maximum atomic E-state index is 5.78. The molecule has 3 heteroatoms. The number of ether oxygens (including phenoxy) is 1. The average Bonchev–Trinajstić information content (AvgIpc) is 2.88. The van der Waals surface area contributed by atoms with Crippen molar-refractivity contribution < 1.29 is 4.74 Å². The predicted molar refractivity (Wildman–Crippen MR) is 80.5 cm³/mol. The maximum absolute atomic E-state index is 5.78. The van der Waals surface area contributed by atoms with E-state index >= 15 is 0 Å². The summed E-state index contributed by atoms with van der Waals surface area (Å²) in [5.41, 5.74) is 0.349. The normalized spacial score (nSPS) is 33.8. The topological polar surface area (TPSA) is 24.5 Å². The summed E-state index contributed by atoms with van der Waals surface area (Å²) in [7, 11) is 0. The highest BCUT2D eigenvalue weighted by molar-refractivity contribution is 4.92. The first-order valence-corrected chi connectivity index (χ1v) is 8.09. The molecule has 19 heavy (non-hydrogen) atoms. The summed E-state index contributed by atoms with van der Waals surface area (Å²) in [5.74, 6) is 0. The third-order valence-corrected chi connectivity index (χ3v) is 4.75. The van der Waals surface area contributed by atoms with Crippen molar-refractivity contribution in [3.63, 3.8) is 0 Å². The Hall–Kier alpha value is -0.120. The van der Waals surface area contributed by atoms with Crippen LogP contribution in [0.15, 0.2) is 0 Å². The molecule has 2 heterocycles. The van der Waals surface area contributed by atoms with Crippen molar-refractivity contribution in [3.05, 3.63) is 0 Å². The minimum Gasteiger partial charge on any atom is -0.378 e. The van der Waals surface area contributed by atoms with Gasteiger partial charge in [-0.2, -0.15) is 0 Å². The zero-order valence-electron chi connectivity index (χ0n) is 13.2. The second-order valence-corrected chi connectivity index (χ2v) is 7.31. The molecule has 2 fully saturated rings. The third kappa shape index (κ3) is 4.17. The van der Waals surface area contributed by atoms with Crippen LogP contribution in [0.5, 0.6) is 0 Å². The molecule has 112 valence electrons. The maximum Gasteiger partial charge on any atom is 0.0588 e. The molecule has 3 nitrogen and oxygen atoms in total. The quantitative estimate of drug-likeness (QED) is 0.848. The van der Waals surface area contributed by atoms with E-state index in [0.717, 1.165) is 13.2 Å². The van der Waals surface area contributed by atoms with E-state index in [1.807, 2.05) is 0 Å². The van der Waals surface area contributed by atoms with Gasteiger partial charge in [0.1, 0.15) is 0 Å². The summed E-state index contributed by atoms with van der Waals surface area (Å²) in [6.07, 6.45) is 5.49. The predicted octanol–water partition coefficient (Wildman–Crippen LogP) is 2.65. The Morgan fingerprint density at radius 3 is 2.68 bits per heavy atom. The molecule has 0 aromatic carbocycles. The molecule has 0 aromatic heterocycles. The lowest BCUT2D eigenvalue weighted by atomic mass is 9.83. The number of nitrogens with one attached hydrogen (secondary N) is 1. The van der Waals surface area contributed by atoms with Crippen LogP contribution in [0.1, 0.15) is 53.4 Å². The van der Waals surface area contributed by atoms with Crippen molar-refractivity contribution in [2.45, 2.75) is 71.6 Å². The van der Waals surface area contributed by atoms with E-state index in [2.05, 4.69) is 37.9 Å². The van der Waals surface area contributed by atoms with Gasteiger partial charge in [-0.05, 0) is 31.1 Å². The molecule has 3 unspecified atom stereocenters. The molecular weight excluding hydrogens is 236 g/mol. The number of hydrogen-bond acceptors (Lipinski definition) is 3. The zero-order valence-corrected chi connectivity index (χ0v) is 13.2. The molecule has 2 rings (SSSR count). The van der Waals surface area contributed by atoms with Gasteiger partial charge in [-0.3, -0.25) is 4.90 Å². The van der Waals surface area contributed by atoms with Gasteiger partial charge in [0.2, 0.25) is 0 Å². The van der Waals surface area contributed by atoms with Crippen molar-refractivity contribution in [1.82, 2.24) is 10.2 Å². The summed E-state index contributed by atoms with van der Waals surface area (Å²) in [6.45, 7) is 13.9. The minimum atomic E-state index is 0.349. The number of nitrogens with zero attached hydrogens (tertiary/aromatic N) is 1. The highest BCUT2D eigenvalue weighted by Gasteiger charge is 2.35. The van der Waals surface area contributed by atoms with E-state index in [-0.39, 0.29) is 0 Å². The summed E-state index contributed by atoms with van der Waals surface area (Å²) < 4.78 is 5.78. The van der Waals surface area contributed by atoms with E-state index in [1.165, 1.54) is 38.8 Å². The van der Waals surface area contributed by atoms with Crippen molar-refractivity contribution in [1.29, 1.82) is 0 Å². The largest absolute Gasteiger partial charge is 0.378 e. The molecule has 1 N–H and O–H groups in total. The van der Waals surface area contributed by atoms with Gasteiger partial charge in [-0.25, -0.2) is 0 Å². The van der Waals surface area contributed by atoms with Gasteiger partial charge in [-0.1, -0.05) is 27.7 Å². The van der Waals surface area contributed by atoms with Crippen LogP contribution in [0.4, 0.5) is 0 Å². The van der Waals surface area contributed by atoms with Crippen LogP contribution in [0.3, 0.4) is 0 Å². The first-order valence-electron chi connectivity index (χ1n) is 8.09. The third-order valence-electron chi connectivity index (χ3n) is 4.75. The van der Waals surface area contributed by atoms with Crippen LogP contribution in [0, 0.1) is 5.41 Å². The average molecular weight is 268 g/mol. The standard InChI is InChI=1S/C16H32N2O/c1-5-13-12-18(9-8-14-7-6-10-19-14)15(11-17-13)16(2,3)4/h13-15,17H,5-12H2,1-4H3. The van der Waals surface area contributed by atoms with Gasteiger partial charge in [-0.15, -0.1) is 0 Å². The van der Waals surface area contributed by atoms with Crippen LogP contribution < -0.4 is 5.32 Å². The van der Waals surface area contributed by atoms with Crippen LogP contribution >= 0.6 is 0 Å². The minimum absolute atomic E-state index is 0.349.